The molecule has 4 heterocycles. The van der Waals surface area contributed by atoms with Crippen LogP contribution in [0.3, 0.4) is 0 Å². The van der Waals surface area contributed by atoms with E-state index in [-0.39, 0.29) is 11.8 Å². The first kappa shape index (κ1) is 42.1. The van der Waals surface area contributed by atoms with Crippen molar-refractivity contribution in [2.24, 2.45) is 0 Å². The lowest BCUT2D eigenvalue weighted by Crippen LogP contribution is -2.35. The Kier molecular flexibility index (Phi) is 14.3. The predicted octanol–water partition coefficient (Wildman–Crippen LogP) is 10.4. The maximum Gasteiger partial charge on any atom is 0.125 e. The minimum Gasteiger partial charge on any atom is -0.508 e. The number of phenols is 4. The van der Waals surface area contributed by atoms with Gasteiger partial charge in [-0.25, -0.2) is 0 Å². The van der Waals surface area contributed by atoms with Crippen molar-refractivity contribution in [3.8, 4) is 23.0 Å². The number of nitrogens with zero attached hydrogens (tertiary/aromatic N) is 4. The van der Waals surface area contributed by atoms with Gasteiger partial charge in [-0.2, -0.15) is 0 Å². The molecule has 0 aromatic heterocycles. The largest absolute Gasteiger partial charge is 0.508 e. The lowest BCUT2D eigenvalue weighted by atomic mass is 9.89. The summed E-state index contributed by atoms with van der Waals surface area (Å²) in [5, 5.41) is 45.6. The summed E-state index contributed by atoms with van der Waals surface area (Å²) in [5.41, 5.74) is 8.45. The van der Waals surface area contributed by atoms with Gasteiger partial charge in [0, 0.05) is 47.5 Å². The van der Waals surface area contributed by atoms with E-state index >= 15 is 0 Å². The summed E-state index contributed by atoms with van der Waals surface area (Å²) >= 11 is 0. The van der Waals surface area contributed by atoms with Crippen LogP contribution >= 0.6 is 0 Å². The van der Waals surface area contributed by atoms with Gasteiger partial charge in [0.15, 0.2) is 0 Å². The monoisotopic (exact) mass is 811 g/mol. The summed E-state index contributed by atoms with van der Waals surface area (Å²) in [4.78, 5) is 9.77. The molecule has 4 saturated heterocycles. The van der Waals surface area contributed by atoms with Crippen LogP contribution in [-0.4, -0.2) is 92.4 Å². The molecule has 8 nitrogen and oxygen atoms in total. The second-order valence-corrected chi connectivity index (χ2v) is 17.9. The third-order valence-corrected chi connectivity index (χ3v) is 13.3. The highest BCUT2D eigenvalue weighted by molar-refractivity contribution is 5.73. The summed E-state index contributed by atoms with van der Waals surface area (Å²) in [6, 6.07) is 21.5. The second kappa shape index (κ2) is 20.3. The molecule has 0 spiro atoms. The van der Waals surface area contributed by atoms with E-state index in [0.717, 1.165) is 128 Å². The Balaban J connectivity index is 1.13. The van der Waals surface area contributed by atoms with Crippen molar-refractivity contribution in [2.45, 2.75) is 103 Å². The zero-order chi connectivity index (χ0) is 41.3. The van der Waals surface area contributed by atoms with E-state index in [1.54, 1.807) is 12.1 Å². The van der Waals surface area contributed by atoms with Gasteiger partial charge in [0.05, 0.1) is 6.04 Å². The number of rotatable bonds is 13. The standard InChI is InChI=1S/C52H66N4O4/c57-48-20-17-39(31-43(48)36-53-23-5-1-6-24-53)13-14-41-19-22-50(59)46(34-41)51(56-29-11-4-12-30-56)47-35-42(33-45(52(47)60)38-55-27-9-3-10-28-55)16-15-40-18-21-49(58)44(32-40)37-54-25-7-2-8-26-54/h13-22,31-35,51,57-60H,1-12,23-30,36-38H2. The first-order chi connectivity index (χ1) is 29.4. The van der Waals surface area contributed by atoms with Gasteiger partial charge in [-0.1, -0.05) is 68.2 Å². The predicted molar refractivity (Wildman–Crippen MR) is 245 cm³/mol. The van der Waals surface area contributed by atoms with E-state index in [1.165, 1.54) is 64.2 Å². The van der Waals surface area contributed by atoms with Crippen molar-refractivity contribution in [3.05, 3.63) is 117 Å². The molecular weight excluding hydrogens is 745 g/mol. The quantitative estimate of drug-likeness (QED) is 0.0993. The Morgan fingerprint density at radius 3 is 1.23 bits per heavy atom. The fraction of sp³-hybridized carbons (Fsp3) is 0.462. The van der Waals surface area contributed by atoms with Crippen LogP contribution in [0.5, 0.6) is 23.0 Å². The van der Waals surface area contributed by atoms with Crippen LogP contribution in [0.1, 0.15) is 133 Å². The first-order valence-corrected chi connectivity index (χ1v) is 23.0. The van der Waals surface area contributed by atoms with Crippen LogP contribution in [0.4, 0.5) is 0 Å². The Labute approximate surface area is 358 Å². The van der Waals surface area contributed by atoms with Crippen LogP contribution in [0.15, 0.2) is 66.7 Å². The van der Waals surface area contributed by atoms with Crippen molar-refractivity contribution in [3.63, 3.8) is 0 Å². The van der Waals surface area contributed by atoms with Gasteiger partial charge in [0.1, 0.15) is 23.0 Å². The second-order valence-electron chi connectivity index (χ2n) is 17.9. The van der Waals surface area contributed by atoms with Crippen LogP contribution in [0.25, 0.3) is 24.3 Å². The zero-order valence-electron chi connectivity index (χ0n) is 35.6. The van der Waals surface area contributed by atoms with Crippen LogP contribution in [-0.2, 0) is 19.6 Å². The molecule has 4 fully saturated rings. The van der Waals surface area contributed by atoms with Crippen LogP contribution < -0.4 is 0 Å². The number of hydrogen-bond acceptors (Lipinski definition) is 8. The summed E-state index contributed by atoms with van der Waals surface area (Å²) in [7, 11) is 0. The molecule has 318 valence electrons. The van der Waals surface area contributed by atoms with E-state index < -0.39 is 0 Å². The molecule has 1 atom stereocenters. The Bertz CT molecular complexity index is 2110. The van der Waals surface area contributed by atoms with Crippen molar-refractivity contribution >= 4 is 24.3 Å². The summed E-state index contributed by atoms with van der Waals surface area (Å²) in [5.74, 6) is 1.22. The highest BCUT2D eigenvalue weighted by atomic mass is 16.3. The molecule has 0 bridgehead atoms. The minimum atomic E-state index is -0.346. The molecule has 0 saturated carbocycles. The number of hydrogen-bond donors (Lipinski definition) is 4. The van der Waals surface area contributed by atoms with E-state index in [9.17, 15) is 20.4 Å². The zero-order valence-corrected chi connectivity index (χ0v) is 35.6. The number of likely N-dealkylation sites (tertiary alicyclic amines) is 4. The lowest BCUT2D eigenvalue weighted by molar-refractivity contribution is 0.181. The summed E-state index contributed by atoms with van der Waals surface area (Å²) < 4.78 is 0. The van der Waals surface area contributed by atoms with Gasteiger partial charge in [-0.3, -0.25) is 19.6 Å². The average Bonchev–Trinajstić information content (AvgIpc) is 3.28. The summed E-state index contributed by atoms with van der Waals surface area (Å²) in [6.07, 6.45) is 22.7. The van der Waals surface area contributed by atoms with Gasteiger partial charge < -0.3 is 20.4 Å². The number of phenolic OH excluding ortho intramolecular Hbond substituents is 4. The molecule has 0 aliphatic carbocycles. The Morgan fingerprint density at radius 2 is 0.750 bits per heavy atom. The maximum atomic E-state index is 12.4. The molecule has 4 aromatic carbocycles. The molecule has 1 unspecified atom stereocenters. The Hall–Kier alpha value is -4.60. The molecule has 4 aromatic rings. The SMILES string of the molecule is Oc1ccc(C=Cc2ccc(O)c(C(c3cc(C=Cc4ccc(O)c(CN5CCCCC5)c4)cc(CN4CCCCC4)c3O)N3CCCCC3)c2)cc1CN1CCCCC1. The Morgan fingerprint density at radius 1 is 0.383 bits per heavy atom. The maximum absolute atomic E-state index is 12.4. The fourth-order valence-corrected chi connectivity index (χ4v) is 9.93. The highest BCUT2D eigenvalue weighted by Crippen LogP contribution is 2.43. The van der Waals surface area contributed by atoms with Crippen molar-refractivity contribution < 1.29 is 20.4 Å². The van der Waals surface area contributed by atoms with Crippen molar-refractivity contribution in [2.75, 3.05) is 52.4 Å². The van der Waals surface area contributed by atoms with Crippen LogP contribution in [0.2, 0.25) is 0 Å². The normalized spacial score (nSPS) is 19.7. The van der Waals surface area contributed by atoms with Crippen LogP contribution in [0, 0.1) is 0 Å². The first-order valence-electron chi connectivity index (χ1n) is 23.0. The molecule has 4 aliphatic heterocycles. The van der Waals surface area contributed by atoms with E-state index in [4.69, 9.17) is 0 Å². The van der Waals surface area contributed by atoms with E-state index in [0.29, 0.717) is 23.8 Å². The third-order valence-electron chi connectivity index (χ3n) is 13.3. The lowest BCUT2D eigenvalue weighted by Gasteiger charge is -2.36. The fourth-order valence-electron chi connectivity index (χ4n) is 9.93. The van der Waals surface area contributed by atoms with Gasteiger partial charge in [0.2, 0.25) is 0 Å². The molecule has 4 aliphatic rings. The molecule has 0 amide bonds. The smallest absolute Gasteiger partial charge is 0.125 e. The minimum absolute atomic E-state index is 0.222. The van der Waals surface area contributed by atoms with Gasteiger partial charge in [0.25, 0.3) is 0 Å². The average molecular weight is 811 g/mol. The number of benzene rings is 4. The number of aromatic hydroxyl groups is 4. The molecule has 8 heteroatoms. The number of piperidine rings is 4. The summed E-state index contributed by atoms with van der Waals surface area (Å²) in [6.45, 7) is 10.3. The van der Waals surface area contributed by atoms with Gasteiger partial charge in [-0.15, -0.1) is 0 Å². The molecule has 8 rings (SSSR count). The van der Waals surface area contributed by atoms with E-state index in [1.807, 2.05) is 24.3 Å². The van der Waals surface area contributed by atoms with Gasteiger partial charge in [-0.05, 0) is 175 Å². The molecule has 0 radical (unpaired) electrons. The third kappa shape index (κ3) is 10.8. The topological polar surface area (TPSA) is 93.9 Å². The van der Waals surface area contributed by atoms with E-state index in [2.05, 4.69) is 74.2 Å². The molecule has 60 heavy (non-hydrogen) atoms. The van der Waals surface area contributed by atoms with Crippen molar-refractivity contribution in [1.82, 2.24) is 19.6 Å². The molecular formula is C52H66N4O4. The highest BCUT2D eigenvalue weighted by Gasteiger charge is 2.30. The van der Waals surface area contributed by atoms with Crippen molar-refractivity contribution in [1.29, 1.82) is 0 Å². The van der Waals surface area contributed by atoms with Gasteiger partial charge >= 0.3 is 0 Å². The molecule has 4 N–H and O–H groups in total.